The second-order valence-corrected chi connectivity index (χ2v) is 10.9. The van der Waals surface area contributed by atoms with Crippen LogP contribution in [-0.4, -0.2) is 34.7 Å². The zero-order valence-electron chi connectivity index (χ0n) is 18.8. The lowest BCUT2D eigenvalue weighted by Gasteiger charge is -2.25. The van der Waals surface area contributed by atoms with Gasteiger partial charge in [0.25, 0.3) is 5.56 Å². The van der Waals surface area contributed by atoms with Crippen molar-refractivity contribution in [2.45, 2.75) is 30.8 Å². The predicted octanol–water partition coefficient (Wildman–Crippen LogP) is 6.43. The van der Waals surface area contributed by atoms with Crippen LogP contribution in [-0.2, 0) is 18.7 Å². The van der Waals surface area contributed by atoms with Gasteiger partial charge in [0, 0.05) is 33.8 Å². The monoisotopic (exact) mass is 531 g/mol. The Morgan fingerprint density at radius 3 is 2.68 bits per heavy atom. The highest BCUT2D eigenvalue weighted by atomic mass is 35.5. The molecule has 5 rings (SSSR count). The van der Waals surface area contributed by atoms with Crippen LogP contribution in [0.2, 0.25) is 10.0 Å². The van der Waals surface area contributed by atoms with Crippen LogP contribution in [0.3, 0.4) is 0 Å². The predicted molar refractivity (Wildman–Crippen MR) is 142 cm³/mol. The molecule has 0 saturated carbocycles. The van der Waals surface area contributed by atoms with Gasteiger partial charge in [0.2, 0.25) is 0 Å². The smallest absolute Gasteiger partial charge is 0.267 e. The van der Waals surface area contributed by atoms with E-state index in [2.05, 4.69) is 11.8 Å². The van der Waals surface area contributed by atoms with Crippen LogP contribution in [0.1, 0.15) is 22.9 Å². The van der Waals surface area contributed by atoms with Crippen LogP contribution in [0, 0.1) is 0 Å². The largest absolute Gasteiger partial charge is 0.497 e. The van der Waals surface area contributed by atoms with Crippen molar-refractivity contribution in [2.24, 2.45) is 0 Å². The molecule has 0 atom stereocenters. The van der Waals surface area contributed by atoms with Gasteiger partial charge in [0.15, 0.2) is 5.16 Å². The van der Waals surface area contributed by atoms with E-state index < -0.39 is 0 Å². The molecule has 0 bridgehead atoms. The van der Waals surface area contributed by atoms with Crippen LogP contribution in [0.15, 0.2) is 52.4 Å². The molecule has 5 nitrogen and oxygen atoms in total. The normalized spacial score (nSPS) is 13.9. The highest BCUT2D eigenvalue weighted by molar-refractivity contribution is 7.98. The Balaban J connectivity index is 1.63. The Morgan fingerprint density at radius 2 is 1.97 bits per heavy atom. The topological polar surface area (TPSA) is 47.4 Å². The molecule has 4 aromatic rings. The summed E-state index contributed by atoms with van der Waals surface area (Å²) in [6, 6.07) is 13.0. The fourth-order valence-corrected chi connectivity index (χ4v) is 7.06. The summed E-state index contributed by atoms with van der Waals surface area (Å²) in [5.41, 5.74) is 2.83. The first-order valence-corrected chi connectivity index (χ1v) is 13.5. The lowest BCUT2D eigenvalue weighted by atomic mass is 10.1. The first-order chi connectivity index (χ1) is 16.5. The summed E-state index contributed by atoms with van der Waals surface area (Å²) in [6.45, 7) is 5.00. The molecular formula is C25H23Cl2N3O2S2. The number of thiophene rings is 1. The number of aromatic nitrogens is 2. The van der Waals surface area contributed by atoms with E-state index in [-0.39, 0.29) is 5.56 Å². The zero-order chi connectivity index (χ0) is 23.8. The van der Waals surface area contributed by atoms with Crippen molar-refractivity contribution < 1.29 is 4.74 Å². The number of hydrogen-bond donors (Lipinski definition) is 0. The van der Waals surface area contributed by atoms with Gasteiger partial charge in [-0.15, -0.1) is 11.3 Å². The molecule has 1 aliphatic rings. The minimum atomic E-state index is -0.0256. The number of thioether (sulfide) groups is 1. The number of hydrogen-bond acceptors (Lipinski definition) is 6. The second-order valence-electron chi connectivity index (χ2n) is 8.06. The summed E-state index contributed by atoms with van der Waals surface area (Å²) in [4.78, 5) is 23.4. The average molecular weight is 533 g/mol. The summed E-state index contributed by atoms with van der Waals surface area (Å²) in [5, 5.41) is 2.59. The maximum Gasteiger partial charge on any atom is 0.267 e. The summed E-state index contributed by atoms with van der Waals surface area (Å²) < 4.78 is 7.03. The fourth-order valence-electron chi connectivity index (χ4n) is 4.18. The Kier molecular flexibility index (Phi) is 6.91. The fraction of sp³-hybridized carbons (Fsp3) is 0.280. The standard InChI is InChI=1S/C25H23Cl2N3O2S2/c1-3-29-11-10-19-21(13-29)34-23-22(19)24(31)30(17-6-8-18(32-2)9-7-17)25(28-23)33-14-15-4-5-16(26)12-20(15)27/h4-9,12H,3,10-11,13-14H2,1-2H3. The van der Waals surface area contributed by atoms with Crippen LogP contribution in [0.5, 0.6) is 5.75 Å². The van der Waals surface area contributed by atoms with E-state index in [1.165, 1.54) is 16.6 Å². The van der Waals surface area contributed by atoms with E-state index in [4.69, 9.17) is 32.9 Å². The van der Waals surface area contributed by atoms with Crippen molar-refractivity contribution in [3.05, 3.63) is 78.9 Å². The Morgan fingerprint density at radius 1 is 1.18 bits per heavy atom. The minimum absolute atomic E-state index is 0.0256. The van der Waals surface area contributed by atoms with E-state index in [9.17, 15) is 4.79 Å². The van der Waals surface area contributed by atoms with Crippen LogP contribution in [0.4, 0.5) is 0 Å². The first kappa shape index (κ1) is 23.7. The van der Waals surface area contributed by atoms with E-state index in [1.54, 1.807) is 29.1 Å². The van der Waals surface area contributed by atoms with Gasteiger partial charge in [-0.3, -0.25) is 14.3 Å². The number of methoxy groups -OCH3 is 1. The highest BCUT2D eigenvalue weighted by Gasteiger charge is 2.25. The van der Waals surface area contributed by atoms with Crippen molar-refractivity contribution in [2.75, 3.05) is 20.2 Å². The van der Waals surface area contributed by atoms with Gasteiger partial charge in [-0.2, -0.15) is 0 Å². The zero-order valence-corrected chi connectivity index (χ0v) is 22.0. The molecule has 34 heavy (non-hydrogen) atoms. The molecule has 2 aromatic carbocycles. The lowest BCUT2D eigenvalue weighted by Crippen LogP contribution is -2.30. The number of halogens is 2. The number of fused-ring (bicyclic) bond motifs is 3. The number of rotatable bonds is 6. The molecule has 1 aliphatic heterocycles. The number of benzene rings is 2. The Bertz CT molecular complexity index is 1420. The molecular weight excluding hydrogens is 509 g/mol. The molecule has 0 radical (unpaired) electrons. The van der Waals surface area contributed by atoms with E-state index in [0.29, 0.717) is 21.0 Å². The molecule has 0 fully saturated rings. The molecule has 0 saturated heterocycles. The van der Waals surface area contributed by atoms with Gasteiger partial charge in [-0.1, -0.05) is 48.0 Å². The van der Waals surface area contributed by atoms with E-state index in [1.807, 2.05) is 36.4 Å². The average Bonchev–Trinajstić information content (AvgIpc) is 3.21. The van der Waals surface area contributed by atoms with Gasteiger partial charge < -0.3 is 4.74 Å². The summed E-state index contributed by atoms with van der Waals surface area (Å²) >= 11 is 15.6. The maximum atomic E-state index is 13.9. The number of ether oxygens (including phenoxy) is 1. The van der Waals surface area contributed by atoms with Crippen molar-refractivity contribution in [3.8, 4) is 11.4 Å². The quantitative estimate of drug-likeness (QED) is 0.212. The first-order valence-electron chi connectivity index (χ1n) is 11.0. The molecule has 0 aliphatic carbocycles. The molecule has 3 heterocycles. The maximum absolute atomic E-state index is 13.9. The van der Waals surface area contributed by atoms with Crippen molar-refractivity contribution >= 4 is 56.5 Å². The van der Waals surface area contributed by atoms with Crippen LogP contribution in [0.25, 0.3) is 15.9 Å². The highest BCUT2D eigenvalue weighted by Crippen LogP contribution is 2.35. The van der Waals surface area contributed by atoms with Gasteiger partial charge in [-0.05, 0) is 60.5 Å². The summed E-state index contributed by atoms with van der Waals surface area (Å²) in [5.74, 6) is 1.30. The number of likely N-dealkylation sites (N-methyl/N-ethyl adjacent to an activating group) is 1. The van der Waals surface area contributed by atoms with Crippen LogP contribution >= 0.6 is 46.3 Å². The Labute approximate surface area is 216 Å². The molecule has 2 aromatic heterocycles. The SMILES string of the molecule is CCN1CCc2c(sc3nc(SCc4ccc(Cl)cc4Cl)n(-c4ccc(OC)cc4)c(=O)c23)C1. The number of nitrogens with zero attached hydrogens (tertiary/aromatic N) is 3. The van der Waals surface area contributed by atoms with E-state index >= 15 is 0 Å². The molecule has 9 heteroatoms. The molecule has 0 N–H and O–H groups in total. The third kappa shape index (κ3) is 4.48. The second kappa shape index (κ2) is 9.91. The van der Waals surface area contributed by atoms with Crippen molar-refractivity contribution in [3.63, 3.8) is 0 Å². The minimum Gasteiger partial charge on any atom is -0.497 e. The van der Waals surface area contributed by atoms with Crippen molar-refractivity contribution in [1.29, 1.82) is 0 Å². The van der Waals surface area contributed by atoms with Crippen LogP contribution < -0.4 is 10.3 Å². The molecule has 176 valence electrons. The van der Waals surface area contributed by atoms with Crippen molar-refractivity contribution in [1.82, 2.24) is 14.5 Å². The third-order valence-corrected chi connectivity index (χ3v) is 8.76. The lowest BCUT2D eigenvalue weighted by molar-refractivity contribution is 0.272. The van der Waals surface area contributed by atoms with Gasteiger partial charge in [0.05, 0.1) is 18.2 Å². The van der Waals surface area contributed by atoms with Gasteiger partial charge in [-0.25, -0.2) is 4.98 Å². The third-order valence-electron chi connectivity index (χ3n) is 6.07. The van der Waals surface area contributed by atoms with E-state index in [0.717, 1.165) is 58.8 Å². The van der Waals surface area contributed by atoms with Gasteiger partial charge in [0.1, 0.15) is 10.6 Å². The molecule has 0 unspecified atom stereocenters. The summed E-state index contributed by atoms with van der Waals surface area (Å²) in [6.07, 6.45) is 0.871. The van der Waals surface area contributed by atoms with Gasteiger partial charge >= 0.3 is 0 Å². The Hall–Kier alpha value is -2.03. The molecule has 0 spiro atoms. The molecule has 0 amide bonds. The summed E-state index contributed by atoms with van der Waals surface area (Å²) in [7, 11) is 1.63.